The van der Waals surface area contributed by atoms with Crippen molar-refractivity contribution < 1.29 is 14.7 Å². The maximum absolute atomic E-state index is 12.7. The minimum Gasteiger partial charge on any atom is -0.392 e. The number of hydrogen-bond donors (Lipinski definition) is 3. The molecule has 0 aliphatic heterocycles. The lowest BCUT2D eigenvalue weighted by atomic mass is 10.0. The zero-order valence-corrected chi connectivity index (χ0v) is 14.7. The van der Waals surface area contributed by atoms with Crippen molar-refractivity contribution in [3.63, 3.8) is 0 Å². The first-order valence-corrected chi connectivity index (χ1v) is 8.39. The number of benzene rings is 2. The van der Waals surface area contributed by atoms with Crippen molar-refractivity contribution in [2.45, 2.75) is 13.0 Å². The minimum absolute atomic E-state index is 0.0729. The van der Waals surface area contributed by atoms with E-state index in [1.54, 1.807) is 49.4 Å². The predicted molar refractivity (Wildman–Crippen MR) is 99.4 cm³/mol. The standard InChI is InChI=1S/C19H21ClN2O3/c1-13(23)10-21-11-16(24)12-22-18-8-7-15(20)9-17(18)19(25)14-5-3-2-4-6-14/h2-9,13,21-23H,10-12H2,1H3. The van der Waals surface area contributed by atoms with Gasteiger partial charge in [0.05, 0.1) is 19.2 Å². The quantitative estimate of drug-likeness (QED) is 0.599. The first-order chi connectivity index (χ1) is 12.0. The number of carbonyl (C=O) groups is 2. The minimum atomic E-state index is -0.507. The molecule has 1 unspecified atom stereocenters. The van der Waals surface area contributed by atoms with Crippen LogP contribution < -0.4 is 10.6 Å². The summed E-state index contributed by atoms with van der Waals surface area (Å²) in [5.41, 5.74) is 1.53. The van der Waals surface area contributed by atoms with E-state index in [1.807, 2.05) is 6.07 Å². The molecule has 2 rings (SSSR count). The average Bonchev–Trinajstić information content (AvgIpc) is 2.60. The van der Waals surface area contributed by atoms with Crippen LogP contribution in [-0.2, 0) is 4.79 Å². The Kier molecular flexibility index (Phi) is 7.13. The van der Waals surface area contributed by atoms with Gasteiger partial charge in [0.1, 0.15) is 0 Å². The van der Waals surface area contributed by atoms with Gasteiger partial charge in [-0.3, -0.25) is 9.59 Å². The Bertz CT molecular complexity index is 733. The van der Waals surface area contributed by atoms with Gasteiger partial charge in [-0.15, -0.1) is 0 Å². The lowest BCUT2D eigenvalue weighted by Gasteiger charge is -2.12. The van der Waals surface area contributed by atoms with Crippen LogP contribution in [0.15, 0.2) is 48.5 Å². The molecule has 2 aromatic carbocycles. The van der Waals surface area contributed by atoms with Gasteiger partial charge in [-0.25, -0.2) is 0 Å². The van der Waals surface area contributed by atoms with E-state index in [1.165, 1.54) is 0 Å². The summed E-state index contributed by atoms with van der Waals surface area (Å²) >= 11 is 6.03. The molecular weight excluding hydrogens is 340 g/mol. The molecule has 0 heterocycles. The third kappa shape index (κ3) is 5.98. The van der Waals surface area contributed by atoms with Gasteiger partial charge in [-0.1, -0.05) is 41.9 Å². The molecule has 2 aromatic rings. The van der Waals surface area contributed by atoms with Gasteiger partial charge in [-0.2, -0.15) is 0 Å². The molecule has 6 heteroatoms. The topological polar surface area (TPSA) is 78.4 Å². The van der Waals surface area contributed by atoms with E-state index in [-0.39, 0.29) is 24.7 Å². The third-order valence-electron chi connectivity index (χ3n) is 3.50. The van der Waals surface area contributed by atoms with Crippen LogP contribution in [0.4, 0.5) is 5.69 Å². The number of aliphatic hydroxyl groups excluding tert-OH is 1. The second-order valence-corrected chi connectivity index (χ2v) is 6.19. The first-order valence-electron chi connectivity index (χ1n) is 8.01. The molecule has 0 aromatic heterocycles. The largest absolute Gasteiger partial charge is 0.392 e. The highest BCUT2D eigenvalue weighted by atomic mass is 35.5. The van der Waals surface area contributed by atoms with Crippen LogP contribution in [0.25, 0.3) is 0 Å². The highest BCUT2D eigenvalue weighted by Crippen LogP contribution is 2.23. The van der Waals surface area contributed by atoms with E-state index < -0.39 is 6.10 Å². The van der Waals surface area contributed by atoms with Crippen LogP contribution in [0, 0.1) is 0 Å². The second-order valence-electron chi connectivity index (χ2n) is 5.76. The first kappa shape index (κ1) is 19.1. The maximum atomic E-state index is 12.7. The van der Waals surface area contributed by atoms with Gasteiger partial charge in [0.25, 0.3) is 0 Å². The summed E-state index contributed by atoms with van der Waals surface area (Å²) in [5.74, 6) is -0.237. The average molecular weight is 361 g/mol. The zero-order valence-electron chi connectivity index (χ0n) is 14.0. The molecule has 0 aliphatic carbocycles. The maximum Gasteiger partial charge on any atom is 0.195 e. The smallest absolute Gasteiger partial charge is 0.195 e. The van der Waals surface area contributed by atoms with Crippen LogP contribution in [0.3, 0.4) is 0 Å². The summed E-state index contributed by atoms with van der Waals surface area (Å²) in [4.78, 5) is 24.6. The lowest BCUT2D eigenvalue weighted by molar-refractivity contribution is -0.116. The summed E-state index contributed by atoms with van der Waals surface area (Å²) in [5, 5.41) is 15.5. The molecule has 0 radical (unpaired) electrons. The van der Waals surface area contributed by atoms with Crippen LogP contribution in [0.2, 0.25) is 5.02 Å². The number of Topliss-reactive ketones (excluding diaryl/α,β-unsaturated/α-hetero) is 1. The molecule has 5 nitrogen and oxygen atoms in total. The van der Waals surface area contributed by atoms with Crippen molar-refractivity contribution in [2.75, 3.05) is 25.0 Å². The molecule has 0 fully saturated rings. The van der Waals surface area contributed by atoms with E-state index in [0.29, 0.717) is 28.4 Å². The van der Waals surface area contributed by atoms with Crippen molar-refractivity contribution in [3.8, 4) is 0 Å². The number of ketones is 2. The van der Waals surface area contributed by atoms with Crippen LogP contribution in [0.1, 0.15) is 22.8 Å². The SMILES string of the molecule is CC(O)CNCC(=O)CNc1ccc(Cl)cc1C(=O)c1ccccc1. The Morgan fingerprint density at radius 1 is 1.12 bits per heavy atom. The number of nitrogens with one attached hydrogen (secondary N) is 2. The zero-order chi connectivity index (χ0) is 18.2. The van der Waals surface area contributed by atoms with Gasteiger partial charge in [0.2, 0.25) is 0 Å². The fourth-order valence-corrected chi connectivity index (χ4v) is 2.45. The predicted octanol–water partition coefficient (Wildman–Crippen LogP) is 2.52. The Hall–Kier alpha value is -2.21. The molecule has 0 bridgehead atoms. The van der Waals surface area contributed by atoms with Gasteiger partial charge in [0, 0.05) is 28.4 Å². The molecule has 0 saturated carbocycles. The summed E-state index contributed by atoms with van der Waals surface area (Å²) in [6.07, 6.45) is -0.507. The van der Waals surface area contributed by atoms with E-state index in [0.717, 1.165) is 0 Å². The monoisotopic (exact) mass is 360 g/mol. The molecule has 0 aliphatic rings. The lowest BCUT2D eigenvalue weighted by Crippen LogP contribution is -2.32. The molecule has 132 valence electrons. The Morgan fingerprint density at radius 3 is 2.52 bits per heavy atom. The number of anilines is 1. The number of hydrogen-bond acceptors (Lipinski definition) is 5. The Morgan fingerprint density at radius 2 is 1.84 bits per heavy atom. The fraction of sp³-hybridized carbons (Fsp3) is 0.263. The molecule has 0 spiro atoms. The summed E-state index contributed by atoms with van der Waals surface area (Å²) in [7, 11) is 0. The molecule has 3 N–H and O–H groups in total. The van der Waals surface area contributed by atoms with E-state index in [4.69, 9.17) is 16.7 Å². The van der Waals surface area contributed by atoms with E-state index in [9.17, 15) is 9.59 Å². The van der Waals surface area contributed by atoms with Crippen LogP contribution in [-0.4, -0.2) is 42.4 Å². The molecular formula is C19H21ClN2O3. The molecule has 0 saturated heterocycles. The highest BCUT2D eigenvalue weighted by Gasteiger charge is 2.15. The van der Waals surface area contributed by atoms with Crippen molar-refractivity contribution in [3.05, 3.63) is 64.7 Å². The van der Waals surface area contributed by atoms with Crippen LogP contribution in [0.5, 0.6) is 0 Å². The highest BCUT2D eigenvalue weighted by molar-refractivity contribution is 6.31. The van der Waals surface area contributed by atoms with Crippen molar-refractivity contribution in [1.29, 1.82) is 0 Å². The Labute approximate surface area is 152 Å². The fourth-order valence-electron chi connectivity index (χ4n) is 2.28. The van der Waals surface area contributed by atoms with E-state index >= 15 is 0 Å². The normalized spacial score (nSPS) is 11.8. The van der Waals surface area contributed by atoms with Crippen molar-refractivity contribution >= 4 is 28.9 Å². The number of carbonyl (C=O) groups excluding carboxylic acids is 2. The summed E-state index contributed by atoms with van der Waals surface area (Å²) in [6, 6.07) is 13.8. The van der Waals surface area contributed by atoms with Gasteiger partial charge in [0.15, 0.2) is 11.6 Å². The van der Waals surface area contributed by atoms with Gasteiger partial charge < -0.3 is 15.7 Å². The second kappa shape index (κ2) is 9.32. The van der Waals surface area contributed by atoms with Gasteiger partial charge in [-0.05, 0) is 25.1 Å². The summed E-state index contributed by atoms with van der Waals surface area (Å²) in [6.45, 7) is 2.21. The molecule has 0 amide bonds. The Balaban J connectivity index is 2.06. The van der Waals surface area contributed by atoms with Crippen molar-refractivity contribution in [2.24, 2.45) is 0 Å². The third-order valence-corrected chi connectivity index (χ3v) is 3.74. The van der Waals surface area contributed by atoms with E-state index in [2.05, 4.69) is 10.6 Å². The van der Waals surface area contributed by atoms with Crippen LogP contribution >= 0.6 is 11.6 Å². The number of rotatable bonds is 9. The van der Waals surface area contributed by atoms with Gasteiger partial charge >= 0.3 is 0 Å². The number of aliphatic hydroxyl groups is 1. The summed E-state index contributed by atoms with van der Waals surface area (Å²) < 4.78 is 0. The number of halogens is 1. The molecule has 25 heavy (non-hydrogen) atoms. The van der Waals surface area contributed by atoms with Crippen molar-refractivity contribution in [1.82, 2.24) is 5.32 Å². The molecule has 1 atom stereocenters.